The highest BCUT2D eigenvalue weighted by atomic mass is 32.1. The first-order valence-corrected chi connectivity index (χ1v) is 3.69. The molecule has 56 valence electrons. The molecular formula is C7H7N3S. The smallest absolute Gasteiger partial charge is 0.146 e. The van der Waals surface area contributed by atoms with E-state index in [1.807, 2.05) is 23.9 Å². The lowest BCUT2D eigenvalue weighted by Gasteiger charge is -1.90. The lowest BCUT2D eigenvalue weighted by Crippen LogP contribution is -1.88. The third-order valence-corrected chi connectivity index (χ3v) is 1.92. The van der Waals surface area contributed by atoms with Crippen LogP contribution >= 0.6 is 12.2 Å². The topological polar surface area (TPSA) is 33.6 Å². The third-order valence-electron chi connectivity index (χ3n) is 1.63. The number of rotatable bonds is 0. The summed E-state index contributed by atoms with van der Waals surface area (Å²) in [5, 5.41) is 2.98. The number of aryl methyl sites for hydroxylation is 1. The molecule has 0 spiro atoms. The molecule has 0 aromatic carbocycles. The van der Waals surface area contributed by atoms with Crippen LogP contribution in [0.25, 0.3) is 11.0 Å². The number of hydrogen-bond acceptors (Lipinski definition) is 2. The van der Waals surface area contributed by atoms with Gasteiger partial charge in [-0.25, -0.2) is 0 Å². The molecule has 2 heterocycles. The Balaban J connectivity index is 3.07. The molecule has 0 aliphatic heterocycles. The molecule has 0 radical (unpaired) electrons. The van der Waals surface area contributed by atoms with Crippen LogP contribution < -0.4 is 0 Å². The Labute approximate surface area is 68.7 Å². The van der Waals surface area contributed by atoms with Gasteiger partial charge in [-0.2, -0.15) is 0 Å². The lowest BCUT2D eigenvalue weighted by atomic mass is 10.4. The Bertz CT molecular complexity index is 440. The van der Waals surface area contributed by atoms with Gasteiger partial charge in [0, 0.05) is 13.2 Å². The quantitative estimate of drug-likeness (QED) is 0.602. The summed E-state index contributed by atoms with van der Waals surface area (Å²) in [6.45, 7) is 0. The van der Waals surface area contributed by atoms with Gasteiger partial charge in [-0.3, -0.25) is 14.8 Å². The lowest BCUT2D eigenvalue weighted by molar-refractivity contribution is 0.792. The highest BCUT2D eigenvalue weighted by molar-refractivity contribution is 7.71. The van der Waals surface area contributed by atoms with E-state index in [0.29, 0.717) is 4.64 Å². The molecule has 0 unspecified atom stereocenters. The van der Waals surface area contributed by atoms with Crippen molar-refractivity contribution in [3.05, 3.63) is 23.0 Å². The zero-order chi connectivity index (χ0) is 7.84. The summed E-state index contributed by atoms with van der Waals surface area (Å²) >= 11 is 5.04. The summed E-state index contributed by atoms with van der Waals surface area (Å²) in [4.78, 5) is 4.15. The van der Waals surface area contributed by atoms with Gasteiger partial charge in [-0.1, -0.05) is 12.2 Å². The molecule has 3 nitrogen and oxygen atoms in total. The number of nitrogens with zero attached hydrogens (tertiary/aromatic N) is 2. The van der Waals surface area contributed by atoms with E-state index in [1.165, 1.54) is 0 Å². The molecule has 0 aliphatic rings. The fraction of sp³-hybridized carbons (Fsp3) is 0.143. The largest absolute Gasteiger partial charge is 0.288 e. The summed E-state index contributed by atoms with van der Waals surface area (Å²) in [6, 6.07) is 3.87. The van der Waals surface area contributed by atoms with Gasteiger partial charge in [0.1, 0.15) is 10.2 Å². The van der Waals surface area contributed by atoms with Crippen LogP contribution in [0, 0.1) is 4.64 Å². The van der Waals surface area contributed by atoms with Crippen molar-refractivity contribution in [3.8, 4) is 0 Å². The highest BCUT2D eigenvalue weighted by Gasteiger charge is 1.98. The minimum Gasteiger partial charge on any atom is -0.288 e. The summed E-state index contributed by atoms with van der Waals surface area (Å²) in [6.07, 6.45) is 1.74. The summed E-state index contributed by atoms with van der Waals surface area (Å²) in [7, 11) is 1.92. The normalized spacial score (nSPS) is 10.6. The second-order valence-electron chi connectivity index (χ2n) is 2.37. The number of nitrogens with one attached hydrogen (secondary N) is 1. The maximum Gasteiger partial charge on any atom is 0.146 e. The molecule has 1 N–H and O–H groups in total. The highest BCUT2D eigenvalue weighted by Crippen LogP contribution is 2.09. The molecule has 2 aromatic rings. The standard InChI is InChI=1S/C7H7N3S/c1-10-5-3-2-4-8-6(5)7(11)9-10/h2-4H,1H3,(H,9,11). The van der Waals surface area contributed by atoms with Gasteiger partial charge in [0.2, 0.25) is 0 Å². The SMILES string of the molecule is Cn1[nH]c(=S)c2ncccc21. The first-order chi connectivity index (χ1) is 5.29. The van der Waals surface area contributed by atoms with Crippen molar-refractivity contribution < 1.29 is 0 Å². The second-order valence-corrected chi connectivity index (χ2v) is 2.78. The monoisotopic (exact) mass is 165 g/mol. The minimum absolute atomic E-state index is 0.697. The van der Waals surface area contributed by atoms with Gasteiger partial charge in [-0.15, -0.1) is 0 Å². The van der Waals surface area contributed by atoms with E-state index >= 15 is 0 Å². The first kappa shape index (κ1) is 6.54. The van der Waals surface area contributed by atoms with Crippen LogP contribution in [-0.2, 0) is 7.05 Å². The van der Waals surface area contributed by atoms with Gasteiger partial charge in [-0.05, 0) is 12.1 Å². The summed E-state index contributed by atoms with van der Waals surface area (Å²) in [5.74, 6) is 0. The zero-order valence-electron chi connectivity index (χ0n) is 6.03. The van der Waals surface area contributed by atoms with Crippen LogP contribution in [0.1, 0.15) is 0 Å². The van der Waals surface area contributed by atoms with E-state index in [4.69, 9.17) is 12.2 Å². The number of pyridine rings is 1. The van der Waals surface area contributed by atoms with Gasteiger partial charge >= 0.3 is 0 Å². The van der Waals surface area contributed by atoms with Crippen molar-refractivity contribution >= 4 is 23.3 Å². The number of hydrogen-bond donors (Lipinski definition) is 1. The van der Waals surface area contributed by atoms with Crippen molar-refractivity contribution in [3.63, 3.8) is 0 Å². The second kappa shape index (κ2) is 2.17. The van der Waals surface area contributed by atoms with E-state index in [1.54, 1.807) is 6.20 Å². The first-order valence-electron chi connectivity index (χ1n) is 3.29. The Morgan fingerprint density at radius 2 is 2.45 bits per heavy atom. The van der Waals surface area contributed by atoms with Crippen molar-refractivity contribution in [2.24, 2.45) is 7.05 Å². The molecule has 4 heteroatoms. The summed E-state index contributed by atoms with van der Waals surface area (Å²) in [5.41, 5.74) is 1.91. The number of aromatic nitrogens is 3. The van der Waals surface area contributed by atoms with Crippen LogP contribution in [-0.4, -0.2) is 14.8 Å². The van der Waals surface area contributed by atoms with Crippen LogP contribution in [0.15, 0.2) is 18.3 Å². The molecule has 0 fully saturated rings. The van der Waals surface area contributed by atoms with Crippen molar-refractivity contribution in [1.29, 1.82) is 0 Å². The molecule has 11 heavy (non-hydrogen) atoms. The molecule has 0 atom stereocenters. The van der Waals surface area contributed by atoms with E-state index in [0.717, 1.165) is 11.0 Å². The van der Waals surface area contributed by atoms with Crippen LogP contribution in [0.4, 0.5) is 0 Å². The van der Waals surface area contributed by atoms with Crippen molar-refractivity contribution in [2.75, 3.05) is 0 Å². The zero-order valence-corrected chi connectivity index (χ0v) is 6.85. The van der Waals surface area contributed by atoms with Gasteiger partial charge in [0.25, 0.3) is 0 Å². The molecule has 0 saturated carbocycles. The predicted molar refractivity (Wildman–Crippen MR) is 45.9 cm³/mol. The van der Waals surface area contributed by atoms with Crippen LogP contribution in [0.5, 0.6) is 0 Å². The van der Waals surface area contributed by atoms with Gasteiger partial charge in [0.15, 0.2) is 0 Å². The van der Waals surface area contributed by atoms with E-state index in [-0.39, 0.29) is 0 Å². The van der Waals surface area contributed by atoms with E-state index in [9.17, 15) is 0 Å². The van der Waals surface area contributed by atoms with E-state index < -0.39 is 0 Å². The summed E-state index contributed by atoms with van der Waals surface area (Å²) < 4.78 is 2.56. The average Bonchev–Trinajstić information content (AvgIpc) is 2.30. The molecule has 2 rings (SSSR count). The Hall–Kier alpha value is -1.16. The predicted octanol–water partition coefficient (Wildman–Crippen LogP) is 1.63. The fourth-order valence-electron chi connectivity index (χ4n) is 1.11. The molecule has 2 aromatic heterocycles. The molecule has 0 saturated heterocycles. The average molecular weight is 165 g/mol. The minimum atomic E-state index is 0.697. The van der Waals surface area contributed by atoms with Crippen LogP contribution in [0.2, 0.25) is 0 Å². The van der Waals surface area contributed by atoms with Crippen molar-refractivity contribution in [2.45, 2.75) is 0 Å². The Morgan fingerprint density at radius 3 is 3.18 bits per heavy atom. The van der Waals surface area contributed by atoms with Gasteiger partial charge in [0.05, 0.1) is 5.52 Å². The van der Waals surface area contributed by atoms with Crippen molar-refractivity contribution in [1.82, 2.24) is 14.8 Å². The number of aromatic amines is 1. The maximum atomic E-state index is 5.04. The maximum absolute atomic E-state index is 5.04. The number of fused-ring (bicyclic) bond motifs is 1. The van der Waals surface area contributed by atoms with E-state index in [2.05, 4.69) is 10.1 Å². The van der Waals surface area contributed by atoms with Crippen LogP contribution in [0.3, 0.4) is 0 Å². The molecular weight excluding hydrogens is 158 g/mol. The Kier molecular flexibility index (Phi) is 1.29. The number of H-pyrrole nitrogens is 1. The third kappa shape index (κ3) is 0.867. The van der Waals surface area contributed by atoms with Gasteiger partial charge < -0.3 is 0 Å². The molecule has 0 amide bonds. The fourth-order valence-corrected chi connectivity index (χ4v) is 1.40. The Morgan fingerprint density at radius 1 is 1.64 bits per heavy atom. The molecule has 0 aliphatic carbocycles. The molecule has 0 bridgehead atoms.